The van der Waals surface area contributed by atoms with E-state index in [1.54, 1.807) is 24.3 Å². The monoisotopic (exact) mass is 161 g/mol. The Bertz CT molecular complexity index is 317. The number of allylic oxidation sites excluding steroid dienone is 4. The highest BCUT2D eigenvalue weighted by atomic mass is 16.4. The van der Waals surface area contributed by atoms with Gasteiger partial charge in [0, 0.05) is 11.8 Å². The summed E-state index contributed by atoms with van der Waals surface area (Å²) in [5.74, 6) is -1.22. The van der Waals surface area contributed by atoms with Crippen LogP contribution in [0.1, 0.15) is 0 Å². The van der Waals surface area contributed by atoms with E-state index in [0.29, 0.717) is 0 Å². The van der Waals surface area contributed by atoms with E-state index in [4.69, 9.17) is 10.4 Å². The Morgan fingerprint density at radius 2 is 1.92 bits per heavy atom. The third-order valence-corrected chi connectivity index (χ3v) is 2.62. The number of aliphatic carboxylic acids is 1. The van der Waals surface area contributed by atoms with Crippen LogP contribution >= 0.6 is 0 Å². The summed E-state index contributed by atoms with van der Waals surface area (Å²) in [4.78, 5) is 10.8. The number of nitrogens with zero attached hydrogens (tertiary/aromatic N) is 1. The van der Waals surface area contributed by atoms with Gasteiger partial charge >= 0.3 is 5.97 Å². The molecule has 0 saturated heterocycles. The van der Waals surface area contributed by atoms with Crippen LogP contribution < -0.4 is 0 Å². The van der Waals surface area contributed by atoms with Gasteiger partial charge in [0.2, 0.25) is 0 Å². The molecule has 0 spiro atoms. The van der Waals surface area contributed by atoms with E-state index in [1.807, 2.05) is 6.07 Å². The minimum atomic E-state index is -1.16. The van der Waals surface area contributed by atoms with Crippen LogP contribution in [-0.2, 0) is 4.79 Å². The SMILES string of the molecule is N#CC1(C(=O)O)C2C=CC=CC21. The van der Waals surface area contributed by atoms with Crippen LogP contribution in [0, 0.1) is 28.6 Å². The molecule has 1 saturated carbocycles. The predicted octanol–water partition coefficient (Wildman–Crippen LogP) is 0.953. The molecule has 3 nitrogen and oxygen atoms in total. The number of carboxylic acids is 1. The van der Waals surface area contributed by atoms with E-state index in [0.717, 1.165) is 0 Å². The minimum Gasteiger partial charge on any atom is -0.480 e. The van der Waals surface area contributed by atoms with E-state index >= 15 is 0 Å². The van der Waals surface area contributed by atoms with Crippen LogP contribution in [0.3, 0.4) is 0 Å². The zero-order valence-electron chi connectivity index (χ0n) is 6.27. The second kappa shape index (κ2) is 1.98. The van der Waals surface area contributed by atoms with Crippen molar-refractivity contribution in [3.05, 3.63) is 24.3 Å². The fraction of sp³-hybridized carbons (Fsp3) is 0.333. The van der Waals surface area contributed by atoms with Crippen LogP contribution in [0.5, 0.6) is 0 Å². The van der Waals surface area contributed by atoms with E-state index in [1.165, 1.54) is 0 Å². The van der Waals surface area contributed by atoms with Gasteiger partial charge in [0.1, 0.15) is 0 Å². The standard InChI is InChI=1S/C9H7NO2/c10-5-9(8(11)12)6-3-1-2-4-7(6)9/h1-4,6-7H,(H,11,12). The van der Waals surface area contributed by atoms with Crippen molar-refractivity contribution in [3.63, 3.8) is 0 Å². The number of hydrogen-bond donors (Lipinski definition) is 1. The molecule has 0 bridgehead atoms. The Morgan fingerprint density at radius 3 is 2.25 bits per heavy atom. The lowest BCUT2D eigenvalue weighted by molar-refractivity contribution is -0.141. The van der Waals surface area contributed by atoms with E-state index in [-0.39, 0.29) is 11.8 Å². The summed E-state index contributed by atoms with van der Waals surface area (Å²) in [5, 5.41) is 17.6. The highest BCUT2D eigenvalue weighted by molar-refractivity contribution is 5.84. The van der Waals surface area contributed by atoms with Crippen molar-refractivity contribution in [3.8, 4) is 6.07 Å². The molecule has 60 valence electrons. The van der Waals surface area contributed by atoms with E-state index in [9.17, 15) is 4.79 Å². The number of carbonyl (C=O) groups is 1. The second-order valence-electron chi connectivity index (χ2n) is 3.11. The average Bonchev–Trinajstić information content (AvgIpc) is 2.73. The van der Waals surface area contributed by atoms with Crippen molar-refractivity contribution in [2.75, 3.05) is 0 Å². The summed E-state index contributed by atoms with van der Waals surface area (Å²) in [6.45, 7) is 0. The van der Waals surface area contributed by atoms with Crippen molar-refractivity contribution >= 4 is 5.97 Å². The molecule has 1 N–H and O–H groups in total. The molecule has 2 atom stereocenters. The topological polar surface area (TPSA) is 61.1 Å². The summed E-state index contributed by atoms with van der Waals surface area (Å²) < 4.78 is 0. The molecule has 3 heteroatoms. The minimum absolute atomic E-state index is 0.106. The first-order chi connectivity index (χ1) is 5.73. The molecule has 12 heavy (non-hydrogen) atoms. The molecule has 0 aliphatic heterocycles. The van der Waals surface area contributed by atoms with Crippen LogP contribution in [0.4, 0.5) is 0 Å². The molecular weight excluding hydrogens is 154 g/mol. The zero-order chi connectivity index (χ0) is 8.77. The Labute approximate surface area is 69.6 Å². The van der Waals surface area contributed by atoms with Gasteiger partial charge in [0.25, 0.3) is 0 Å². The summed E-state index contributed by atoms with van der Waals surface area (Å²) in [7, 11) is 0. The first kappa shape index (κ1) is 7.11. The zero-order valence-corrected chi connectivity index (χ0v) is 6.27. The number of rotatable bonds is 1. The van der Waals surface area contributed by atoms with Crippen LogP contribution in [0.2, 0.25) is 0 Å². The normalized spacial score (nSPS) is 41.6. The molecule has 1 fully saturated rings. The van der Waals surface area contributed by atoms with Gasteiger partial charge in [-0.25, -0.2) is 0 Å². The maximum atomic E-state index is 10.8. The van der Waals surface area contributed by atoms with Gasteiger partial charge in [-0.05, 0) is 0 Å². The fourth-order valence-electron chi connectivity index (χ4n) is 1.84. The van der Waals surface area contributed by atoms with Gasteiger partial charge in [-0.3, -0.25) is 4.79 Å². The molecule has 0 aromatic carbocycles. The molecular formula is C9H7NO2. The quantitative estimate of drug-likeness (QED) is 0.622. The largest absolute Gasteiger partial charge is 0.480 e. The van der Waals surface area contributed by atoms with Gasteiger partial charge in [-0.1, -0.05) is 24.3 Å². The second-order valence-corrected chi connectivity index (χ2v) is 3.11. The lowest BCUT2D eigenvalue weighted by Gasteiger charge is -1.96. The Hall–Kier alpha value is -1.56. The van der Waals surface area contributed by atoms with Gasteiger partial charge in [0.05, 0.1) is 6.07 Å². The first-order valence-corrected chi connectivity index (χ1v) is 3.73. The van der Waals surface area contributed by atoms with Crippen molar-refractivity contribution in [2.45, 2.75) is 0 Å². The first-order valence-electron chi connectivity index (χ1n) is 3.73. The van der Waals surface area contributed by atoms with Gasteiger partial charge < -0.3 is 5.11 Å². The highest BCUT2D eigenvalue weighted by Gasteiger charge is 2.69. The molecule has 2 unspecified atom stereocenters. The van der Waals surface area contributed by atoms with Crippen molar-refractivity contribution in [1.29, 1.82) is 5.26 Å². The maximum absolute atomic E-state index is 10.8. The number of carboxylic acid groups (broad SMARTS) is 1. The van der Waals surface area contributed by atoms with E-state index < -0.39 is 11.4 Å². The Balaban J connectivity index is 2.39. The third kappa shape index (κ3) is 0.578. The molecule has 0 heterocycles. The molecule has 0 aromatic rings. The molecule has 2 aliphatic rings. The van der Waals surface area contributed by atoms with Crippen LogP contribution in [0.25, 0.3) is 0 Å². The molecule has 0 aromatic heterocycles. The third-order valence-electron chi connectivity index (χ3n) is 2.62. The number of hydrogen-bond acceptors (Lipinski definition) is 2. The lowest BCUT2D eigenvalue weighted by atomic mass is 10.1. The van der Waals surface area contributed by atoms with Gasteiger partial charge in [-0.15, -0.1) is 0 Å². The fourth-order valence-corrected chi connectivity index (χ4v) is 1.84. The lowest BCUT2D eigenvalue weighted by Crippen LogP contribution is -2.16. The van der Waals surface area contributed by atoms with Crippen LogP contribution in [0.15, 0.2) is 24.3 Å². The summed E-state index contributed by atoms with van der Waals surface area (Å²) >= 11 is 0. The van der Waals surface area contributed by atoms with E-state index in [2.05, 4.69) is 0 Å². The van der Waals surface area contributed by atoms with Gasteiger partial charge in [-0.2, -0.15) is 5.26 Å². The molecule has 2 aliphatic carbocycles. The number of nitriles is 1. The molecule has 0 radical (unpaired) electrons. The van der Waals surface area contributed by atoms with Gasteiger partial charge in [0.15, 0.2) is 5.41 Å². The number of fused-ring (bicyclic) bond motifs is 1. The summed E-state index contributed by atoms with van der Waals surface area (Å²) in [5.41, 5.74) is -1.16. The van der Waals surface area contributed by atoms with Crippen molar-refractivity contribution in [2.24, 2.45) is 17.3 Å². The highest BCUT2D eigenvalue weighted by Crippen LogP contribution is 2.61. The Kier molecular flexibility index (Phi) is 1.17. The molecule has 0 amide bonds. The molecule has 2 rings (SSSR count). The van der Waals surface area contributed by atoms with Crippen molar-refractivity contribution < 1.29 is 9.90 Å². The summed E-state index contributed by atoms with van der Waals surface area (Å²) in [6.07, 6.45) is 7.18. The average molecular weight is 161 g/mol. The Morgan fingerprint density at radius 1 is 1.42 bits per heavy atom. The maximum Gasteiger partial charge on any atom is 0.325 e. The predicted molar refractivity (Wildman–Crippen MR) is 40.9 cm³/mol. The van der Waals surface area contributed by atoms with Crippen molar-refractivity contribution in [1.82, 2.24) is 0 Å². The summed E-state index contributed by atoms with van der Waals surface area (Å²) in [6, 6.07) is 1.89. The van der Waals surface area contributed by atoms with Crippen LogP contribution in [-0.4, -0.2) is 11.1 Å². The smallest absolute Gasteiger partial charge is 0.325 e.